The number of nitrogens with zero attached hydrogens (tertiary/aromatic N) is 3. The summed E-state index contributed by atoms with van der Waals surface area (Å²) in [6.07, 6.45) is 2.39. The van der Waals surface area contributed by atoms with Crippen molar-refractivity contribution >= 4 is 17.9 Å². The third kappa shape index (κ3) is 5.80. The molecular formula is C31H42N4O5. The number of hydrogen-bond acceptors (Lipinski definition) is 8. The number of ether oxygens (including phenoxy) is 3. The zero-order valence-electron chi connectivity index (χ0n) is 24.7. The summed E-state index contributed by atoms with van der Waals surface area (Å²) in [5.41, 5.74) is 8.15. The van der Waals surface area contributed by atoms with Crippen molar-refractivity contribution in [1.29, 1.82) is 0 Å². The third-order valence-corrected chi connectivity index (χ3v) is 7.72. The molecule has 0 spiro atoms. The maximum absolute atomic E-state index is 13.6. The van der Waals surface area contributed by atoms with Gasteiger partial charge in [-0.1, -0.05) is 19.9 Å². The molecule has 216 valence electrons. The number of rotatable bonds is 8. The normalized spacial score (nSPS) is 19.3. The third-order valence-electron chi connectivity index (χ3n) is 7.72. The number of hydrazone groups is 1. The number of nitrogens with two attached hydrogens (primary N) is 1. The quantitative estimate of drug-likeness (QED) is 0.490. The van der Waals surface area contributed by atoms with E-state index in [1.807, 2.05) is 74.9 Å². The predicted octanol–water partition coefficient (Wildman–Crippen LogP) is 4.26. The first-order chi connectivity index (χ1) is 18.9. The molecule has 1 unspecified atom stereocenters. The minimum Gasteiger partial charge on any atom is -0.493 e. The molecule has 2 aromatic rings. The first-order valence-corrected chi connectivity index (χ1v) is 13.8. The zero-order valence-corrected chi connectivity index (χ0v) is 24.7. The van der Waals surface area contributed by atoms with Gasteiger partial charge in [-0.25, -0.2) is 0 Å². The highest BCUT2D eigenvalue weighted by Gasteiger charge is 2.47. The molecule has 1 amide bonds. The smallest absolute Gasteiger partial charge is 0.254 e. The van der Waals surface area contributed by atoms with Crippen LogP contribution in [0.2, 0.25) is 0 Å². The number of likely N-dealkylation sites (tertiary alicyclic amines) is 1. The molecular weight excluding hydrogens is 508 g/mol. The Morgan fingerprint density at radius 1 is 1.07 bits per heavy atom. The molecule has 1 atom stereocenters. The van der Waals surface area contributed by atoms with Crippen molar-refractivity contribution in [3.63, 3.8) is 0 Å². The Kier molecular flexibility index (Phi) is 8.44. The summed E-state index contributed by atoms with van der Waals surface area (Å²) in [6.45, 7) is 11.4. The van der Waals surface area contributed by atoms with Crippen LogP contribution < -0.4 is 19.9 Å². The van der Waals surface area contributed by atoms with Gasteiger partial charge in [0.1, 0.15) is 23.7 Å². The Balaban J connectivity index is 1.53. The molecule has 0 bridgehead atoms. The van der Waals surface area contributed by atoms with Crippen molar-refractivity contribution in [2.75, 3.05) is 27.3 Å². The van der Waals surface area contributed by atoms with Crippen LogP contribution in [0.1, 0.15) is 68.9 Å². The van der Waals surface area contributed by atoms with Crippen LogP contribution >= 0.6 is 0 Å². The summed E-state index contributed by atoms with van der Waals surface area (Å²) in [6, 6.07) is 10.8. The van der Waals surface area contributed by atoms with E-state index in [0.717, 1.165) is 23.1 Å². The Morgan fingerprint density at radius 3 is 2.33 bits per heavy atom. The zero-order chi connectivity index (χ0) is 29.2. The molecule has 9 nitrogen and oxygen atoms in total. The molecule has 1 fully saturated rings. The highest BCUT2D eigenvalue weighted by atomic mass is 16.5. The summed E-state index contributed by atoms with van der Waals surface area (Å²) < 4.78 is 16.9. The fourth-order valence-electron chi connectivity index (χ4n) is 5.59. The number of carbonyl (C=O) groups excluding carboxylic acids is 2. The molecule has 40 heavy (non-hydrogen) atoms. The lowest BCUT2D eigenvalue weighted by Crippen LogP contribution is -2.50. The van der Waals surface area contributed by atoms with E-state index in [4.69, 9.17) is 25.0 Å². The average molecular weight is 551 g/mol. The van der Waals surface area contributed by atoms with Gasteiger partial charge < -0.3 is 29.6 Å². The standard InChI is InChI=1S/C31H42N4O5/c1-30(2,3)40-23-10-8-21(18-32)24(17-23)29(37)34-14-12-22(13-15-34)35-27(19-36)31(4,5)28(33-35)20-9-11-25(38-6)26(16-20)39-7/h8-11,16-17,19,22,27H,12-15,18,32H2,1-7H3. The van der Waals surface area contributed by atoms with E-state index in [1.54, 1.807) is 20.3 Å². The van der Waals surface area contributed by atoms with Gasteiger partial charge in [-0.15, -0.1) is 0 Å². The van der Waals surface area contributed by atoms with Crippen LogP contribution in [0.4, 0.5) is 0 Å². The number of aldehydes is 1. The monoisotopic (exact) mass is 550 g/mol. The molecule has 2 aliphatic heterocycles. The van der Waals surface area contributed by atoms with E-state index in [-0.39, 0.29) is 24.1 Å². The van der Waals surface area contributed by atoms with Crippen LogP contribution in [0, 0.1) is 5.41 Å². The Labute approximate surface area is 237 Å². The number of benzene rings is 2. The van der Waals surface area contributed by atoms with Crippen molar-refractivity contribution < 1.29 is 23.8 Å². The largest absolute Gasteiger partial charge is 0.493 e. The van der Waals surface area contributed by atoms with Crippen LogP contribution in [0.15, 0.2) is 41.5 Å². The van der Waals surface area contributed by atoms with Gasteiger partial charge in [-0.2, -0.15) is 5.10 Å². The van der Waals surface area contributed by atoms with Crippen LogP contribution in [-0.4, -0.2) is 72.8 Å². The van der Waals surface area contributed by atoms with E-state index in [1.165, 1.54) is 0 Å². The molecule has 2 N–H and O–H groups in total. The highest BCUT2D eigenvalue weighted by molar-refractivity contribution is 6.07. The Hall–Kier alpha value is -3.59. The Bertz CT molecular complexity index is 1270. The summed E-state index contributed by atoms with van der Waals surface area (Å²) >= 11 is 0. The van der Waals surface area contributed by atoms with E-state index >= 15 is 0 Å². The van der Waals surface area contributed by atoms with Crippen molar-refractivity contribution in [1.82, 2.24) is 9.91 Å². The molecule has 0 aliphatic carbocycles. The molecule has 1 saturated heterocycles. The maximum Gasteiger partial charge on any atom is 0.254 e. The summed E-state index contributed by atoms with van der Waals surface area (Å²) in [5.74, 6) is 1.84. The van der Waals surface area contributed by atoms with Crippen LogP contribution in [0.3, 0.4) is 0 Å². The number of amides is 1. The van der Waals surface area contributed by atoms with E-state index in [9.17, 15) is 9.59 Å². The number of hydrogen-bond donors (Lipinski definition) is 1. The van der Waals surface area contributed by atoms with Crippen molar-refractivity contribution in [2.24, 2.45) is 16.3 Å². The second kappa shape index (κ2) is 11.5. The summed E-state index contributed by atoms with van der Waals surface area (Å²) in [4.78, 5) is 27.8. The molecule has 2 aromatic carbocycles. The lowest BCUT2D eigenvalue weighted by atomic mass is 9.78. The fraction of sp³-hybridized carbons (Fsp3) is 0.516. The van der Waals surface area contributed by atoms with Crippen molar-refractivity contribution in [3.05, 3.63) is 53.1 Å². The number of methoxy groups -OCH3 is 2. The van der Waals surface area contributed by atoms with Crippen molar-refractivity contribution in [3.8, 4) is 17.2 Å². The first kappa shape index (κ1) is 29.4. The average Bonchev–Trinajstić information content (AvgIpc) is 3.21. The minimum atomic E-state index is -0.516. The van der Waals surface area contributed by atoms with Gasteiger partial charge in [0.15, 0.2) is 11.5 Å². The van der Waals surface area contributed by atoms with Gasteiger partial charge >= 0.3 is 0 Å². The molecule has 2 heterocycles. The van der Waals surface area contributed by atoms with Crippen molar-refractivity contribution in [2.45, 2.75) is 71.7 Å². The molecule has 0 saturated carbocycles. The highest BCUT2D eigenvalue weighted by Crippen LogP contribution is 2.40. The minimum absolute atomic E-state index is 0.0284. The second-order valence-corrected chi connectivity index (χ2v) is 12.0. The van der Waals surface area contributed by atoms with Gasteiger partial charge in [0.25, 0.3) is 5.91 Å². The lowest BCUT2D eigenvalue weighted by Gasteiger charge is -2.39. The Morgan fingerprint density at radius 2 is 1.75 bits per heavy atom. The van der Waals surface area contributed by atoms with Gasteiger partial charge in [0, 0.05) is 36.2 Å². The summed E-state index contributed by atoms with van der Waals surface area (Å²) in [5, 5.41) is 6.95. The first-order valence-electron chi connectivity index (χ1n) is 13.8. The van der Waals surface area contributed by atoms with Crippen LogP contribution in [0.5, 0.6) is 17.2 Å². The summed E-state index contributed by atoms with van der Waals surface area (Å²) in [7, 11) is 3.20. The van der Waals surface area contributed by atoms with Gasteiger partial charge in [-0.05, 0) is 69.5 Å². The maximum atomic E-state index is 13.6. The van der Waals surface area contributed by atoms with E-state index in [0.29, 0.717) is 48.7 Å². The lowest BCUT2D eigenvalue weighted by molar-refractivity contribution is -0.115. The fourth-order valence-corrected chi connectivity index (χ4v) is 5.59. The van der Waals surface area contributed by atoms with Gasteiger partial charge in [0.2, 0.25) is 0 Å². The van der Waals surface area contributed by atoms with Gasteiger partial charge in [-0.3, -0.25) is 9.80 Å². The van der Waals surface area contributed by atoms with E-state index in [2.05, 4.69) is 0 Å². The topological polar surface area (TPSA) is 107 Å². The predicted molar refractivity (Wildman–Crippen MR) is 155 cm³/mol. The molecule has 9 heteroatoms. The molecule has 0 aromatic heterocycles. The molecule has 0 radical (unpaired) electrons. The van der Waals surface area contributed by atoms with E-state index < -0.39 is 11.5 Å². The second-order valence-electron chi connectivity index (χ2n) is 12.0. The number of carbonyl (C=O) groups is 2. The van der Waals surface area contributed by atoms with Crippen LogP contribution in [-0.2, 0) is 11.3 Å². The molecule has 4 rings (SSSR count). The SMILES string of the molecule is COc1ccc(C2=NN(C3CCN(C(=O)c4cc(OC(C)(C)C)ccc4CN)CC3)C(C=O)C2(C)C)cc1OC. The molecule has 2 aliphatic rings. The van der Waals surface area contributed by atoms with Gasteiger partial charge in [0.05, 0.1) is 26.0 Å². The number of piperidine rings is 1. The van der Waals surface area contributed by atoms with Crippen LogP contribution in [0.25, 0.3) is 0 Å².